The number of benzene rings is 1. The molecule has 2 N–H and O–H groups in total. The van der Waals surface area contributed by atoms with Gasteiger partial charge in [-0.25, -0.2) is 9.18 Å². The fraction of sp³-hybridized carbons (Fsp3) is 0.588. The van der Waals surface area contributed by atoms with Crippen molar-refractivity contribution in [3.8, 4) is 0 Å². The molecule has 0 saturated carbocycles. The van der Waals surface area contributed by atoms with Gasteiger partial charge in [0.15, 0.2) is 0 Å². The second kappa shape index (κ2) is 9.44. The quantitative estimate of drug-likeness (QED) is 0.728. The summed E-state index contributed by atoms with van der Waals surface area (Å²) in [7, 11) is 1.66. The maximum absolute atomic E-state index is 13.8. The lowest BCUT2D eigenvalue weighted by Crippen LogP contribution is -2.47. The molecule has 2 rings (SSSR count). The Hall–Kier alpha value is -1.86. The molecule has 2 amide bonds. The van der Waals surface area contributed by atoms with Crippen molar-refractivity contribution in [3.05, 3.63) is 30.1 Å². The van der Waals surface area contributed by atoms with Gasteiger partial charge in [0.1, 0.15) is 5.82 Å². The normalized spacial score (nSPS) is 15.4. The van der Waals surface area contributed by atoms with Crippen LogP contribution in [-0.4, -0.2) is 80.4 Å². The molecule has 0 bridgehead atoms. The van der Waals surface area contributed by atoms with Crippen molar-refractivity contribution in [2.24, 2.45) is 0 Å². The van der Waals surface area contributed by atoms with Crippen molar-refractivity contribution < 1.29 is 14.3 Å². The van der Waals surface area contributed by atoms with Crippen LogP contribution in [0.25, 0.3) is 0 Å². The number of piperazine rings is 1. The number of hydrogen-bond donors (Lipinski definition) is 2. The predicted octanol–water partition coefficient (Wildman–Crippen LogP) is 0.971. The topological polar surface area (TPSA) is 59.1 Å². The molecule has 1 aliphatic heterocycles. The highest BCUT2D eigenvalue weighted by Crippen LogP contribution is 2.20. The number of carbonyl (C=O) groups is 1. The number of rotatable bonds is 7. The van der Waals surface area contributed by atoms with Gasteiger partial charge in [-0.3, -0.25) is 4.90 Å². The van der Waals surface area contributed by atoms with Crippen molar-refractivity contribution in [3.63, 3.8) is 0 Å². The van der Waals surface area contributed by atoms with Crippen molar-refractivity contribution in [1.82, 2.24) is 15.1 Å². The first-order valence-corrected chi connectivity index (χ1v) is 8.43. The third-order valence-corrected chi connectivity index (χ3v) is 4.27. The standard InChI is InChI=1S/C17H27FN4O2/c1-20(13-14-23)17(24)19-7-4-8-21-9-11-22(12-10-21)16-6-3-2-5-15(16)18/h2-3,5-6,23H,4,7-14H2,1H3,(H,19,24). The lowest BCUT2D eigenvalue weighted by Gasteiger charge is -2.36. The predicted molar refractivity (Wildman–Crippen MR) is 92.8 cm³/mol. The van der Waals surface area contributed by atoms with E-state index in [9.17, 15) is 9.18 Å². The number of anilines is 1. The number of aliphatic hydroxyl groups is 1. The Morgan fingerprint density at radius 1 is 1.29 bits per heavy atom. The molecule has 134 valence electrons. The second-order valence-electron chi connectivity index (χ2n) is 6.01. The molecule has 6 nitrogen and oxygen atoms in total. The number of likely N-dealkylation sites (N-methyl/N-ethyl adjacent to an activating group) is 1. The van der Waals surface area contributed by atoms with E-state index in [2.05, 4.69) is 15.1 Å². The van der Waals surface area contributed by atoms with E-state index in [0.717, 1.165) is 39.1 Å². The molecule has 0 aliphatic carbocycles. The summed E-state index contributed by atoms with van der Waals surface area (Å²) in [6, 6.07) is 6.73. The van der Waals surface area contributed by atoms with Gasteiger partial charge in [0, 0.05) is 46.3 Å². The number of amides is 2. The molecular formula is C17H27FN4O2. The van der Waals surface area contributed by atoms with E-state index in [1.807, 2.05) is 12.1 Å². The van der Waals surface area contributed by atoms with Gasteiger partial charge in [0.2, 0.25) is 0 Å². The Labute approximate surface area is 142 Å². The average molecular weight is 338 g/mol. The third kappa shape index (κ3) is 5.35. The van der Waals surface area contributed by atoms with E-state index in [1.54, 1.807) is 13.1 Å². The smallest absolute Gasteiger partial charge is 0.317 e. The van der Waals surface area contributed by atoms with Gasteiger partial charge in [-0.1, -0.05) is 12.1 Å². The van der Waals surface area contributed by atoms with E-state index in [-0.39, 0.29) is 18.5 Å². The minimum Gasteiger partial charge on any atom is -0.395 e. The summed E-state index contributed by atoms with van der Waals surface area (Å²) in [5, 5.41) is 11.6. The molecule has 1 fully saturated rings. The average Bonchev–Trinajstić information content (AvgIpc) is 2.60. The van der Waals surface area contributed by atoms with Crippen LogP contribution in [0.5, 0.6) is 0 Å². The highest BCUT2D eigenvalue weighted by molar-refractivity contribution is 5.73. The number of nitrogens with zero attached hydrogens (tertiary/aromatic N) is 3. The number of halogens is 1. The first kappa shape index (κ1) is 18.5. The number of hydrogen-bond acceptors (Lipinski definition) is 4. The van der Waals surface area contributed by atoms with Crippen LogP contribution in [0.4, 0.5) is 14.9 Å². The Morgan fingerprint density at radius 3 is 2.67 bits per heavy atom. The molecular weight excluding hydrogens is 311 g/mol. The van der Waals surface area contributed by atoms with Crippen LogP contribution in [-0.2, 0) is 0 Å². The molecule has 1 aromatic carbocycles. The minimum absolute atomic E-state index is 0.0315. The van der Waals surface area contributed by atoms with Gasteiger partial charge in [-0.05, 0) is 25.1 Å². The fourth-order valence-corrected chi connectivity index (χ4v) is 2.81. The summed E-state index contributed by atoms with van der Waals surface area (Å²) < 4.78 is 13.8. The highest BCUT2D eigenvalue weighted by Gasteiger charge is 2.18. The Bertz CT molecular complexity index is 521. The lowest BCUT2D eigenvalue weighted by atomic mass is 10.2. The first-order valence-electron chi connectivity index (χ1n) is 8.43. The highest BCUT2D eigenvalue weighted by atomic mass is 19.1. The van der Waals surface area contributed by atoms with Crippen LogP contribution in [0, 0.1) is 5.82 Å². The molecule has 24 heavy (non-hydrogen) atoms. The Balaban J connectivity index is 1.63. The van der Waals surface area contributed by atoms with Gasteiger partial charge in [-0.15, -0.1) is 0 Å². The maximum Gasteiger partial charge on any atom is 0.317 e. The monoisotopic (exact) mass is 338 g/mol. The fourth-order valence-electron chi connectivity index (χ4n) is 2.81. The minimum atomic E-state index is -0.166. The van der Waals surface area contributed by atoms with E-state index >= 15 is 0 Å². The molecule has 1 aliphatic rings. The second-order valence-corrected chi connectivity index (χ2v) is 6.01. The zero-order valence-electron chi connectivity index (χ0n) is 14.2. The summed E-state index contributed by atoms with van der Waals surface area (Å²) in [5.74, 6) is -0.166. The van der Waals surface area contributed by atoms with Gasteiger partial charge in [0.25, 0.3) is 0 Å². The SMILES string of the molecule is CN(CCO)C(=O)NCCCN1CCN(c2ccccc2F)CC1. The maximum atomic E-state index is 13.8. The summed E-state index contributed by atoms with van der Waals surface area (Å²) in [6.45, 7) is 5.25. The Kier molecular flexibility index (Phi) is 7.27. The number of aliphatic hydroxyl groups excluding tert-OH is 1. The molecule has 7 heteroatoms. The lowest BCUT2D eigenvalue weighted by molar-refractivity contribution is 0.189. The number of nitrogens with one attached hydrogen (secondary N) is 1. The molecule has 1 saturated heterocycles. The number of urea groups is 1. The van der Waals surface area contributed by atoms with Crippen LogP contribution in [0.3, 0.4) is 0 Å². The summed E-state index contributed by atoms with van der Waals surface area (Å²) in [4.78, 5) is 17.5. The van der Waals surface area contributed by atoms with Gasteiger partial charge < -0.3 is 20.2 Å². The van der Waals surface area contributed by atoms with Crippen LogP contribution >= 0.6 is 0 Å². The Morgan fingerprint density at radius 2 is 2.00 bits per heavy atom. The van der Waals surface area contributed by atoms with Crippen molar-refractivity contribution in [2.45, 2.75) is 6.42 Å². The molecule has 1 heterocycles. The molecule has 0 atom stereocenters. The molecule has 0 aromatic heterocycles. The van der Waals surface area contributed by atoms with Crippen molar-refractivity contribution in [2.75, 3.05) is 64.4 Å². The molecule has 0 spiro atoms. The first-order chi connectivity index (χ1) is 11.6. The van der Waals surface area contributed by atoms with Crippen LogP contribution in [0.2, 0.25) is 0 Å². The zero-order valence-corrected chi connectivity index (χ0v) is 14.2. The molecule has 1 aromatic rings. The van der Waals surface area contributed by atoms with Gasteiger partial charge >= 0.3 is 6.03 Å². The number of carbonyl (C=O) groups excluding carboxylic acids is 1. The summed E-state index contributed by atoms with van der Waals surface area (Å²) in [5.41, 5.74) is 0.677. The van der Waals surface area contributed by atoms with Crippen molar-refractivity contribution in [1.29, 1.82) is 0 Å². The zero-order chi connectivity index (χ0) is 17.4. The van der Waals surface area contributed by atoms with E-state index in [0.29, 0.717) is 18.8 Å². The van der Waals surface area contributed by atoms with Crippen LogP contribution in [0.15, 0.2) is 24.3 Å². The third-order valence-electron chi connectivity index (χ3n) is 4.27. The largest absolute Gasteiger partial charge is 0.395 e. The summed E-state index contributed by atoms with van der Waals surface area (Å²) in [6.07, 6.45) is 0.873. The van der Waals surface area contributed by atoms with Gasteiger partial charge in [0.05, 0.1) is 12.3 Å². The molecule has 0 radical (unpaired) electrons. The molecule has 0 unspecified atom stereocenters. The van der Waals surface area contributed by atoms with E-state index in [4.69, 9.17) is 5.11 Å². The van der Waals surface area contributed by atoms with E-state index < -0.39 is 0 Å². The van der Waals surface area contributed by atoms with Crippen molar-refractivity contribution >= 4 is 11.7 Å². The van der Waals surface area contributed by atoms with Crippen LogP contribution in [0.1, 0.15) is 6.42 Å². The number of para-hydroxylation sites is 1. The van der Waals surface area contributed by atoms with Crippen LogP contribution < -0.4 is 10.2 Å². The summed E-state index contributed by atoms with van der Waals surface area (Å²) >= 11 is 0. The van der Waals surface area contributed by atoms with E-state index in [1.165, 1.54) is 11.0 Å². The van der Waals surface area contributed by atoms with Gasteiger partial charge in [-0.2, -0.15) is 0 Å².